The zero-order valence-corrected chi connectivity index (χ0v) is 10.2. The van der Waals surface area contributed by atoms with Crippen molar-refractivity contribution in [3.63, 3.8) is 0 Å². The molecule has 0 aromatic heterocycles. The van der Waals surface area contributed by atoms with Crippen molar-refractivity contribution in [3.05, 3.63) is 0 Å². The summed E-state index contributed by atoms with van der Waals surface area (Å²) in [6.45, 7) is 7.47. The van der Waals surface area contributed by atoms with Crippen LogP contribution in [0.5, 0.6) is 0 Å². The monoisotopic (exact) mass is 216 g/mol. The molecule has 1 aliphatic heterocycles. The quantitative estimate of drug-likeness (QED) is 0.717. The van der Waals surface area contributed by atoms with Gasteiger partial charge in [0.2, 0.25) is 0 Å². The highest BCUT2D eigenvalue weighted by Gasteiger charge is 2.38. The molecule has 0 aromatic carbocycles. The van der Waals surface area contributed by atoms with Crippen molar-refractivity contribution < 1.29 is 14.6 Å². The predicted octanol–water partition coefficient (Wildman–Crippen LogP) is 2.33. The van der Waals surface area contributed by atoms with E-state index in [1.807, 2.05) is 13.8 Å². The molecular formula is C12H24O3. The Morgan fingerprint density at radius 2 is 1.73 bits per heavy atom. The van der Waals surface area contributed by atoms with Crippen molar-refractivity contribution in [1.29, 1.82) is 0 Å². The summed E-state index contributed by atoms with van der Waals surface area (Å²) in [6, 6.07) is 0. The van der Waals surface area contributed by atoms with Gasteiger partial charge < -0.3 is 14.6 Å². The van der Waals surface area contributed by atoms with Crippen LogP contribution in [0.15, 0.2) is 0 Å². The molecule has 0 spiro atoms. The Morgan fingerprint density at radius 1 is 1.13 bits per heavy atom. The van der Waals surface area contributed by atoms with Gasteiger partial charge in [0, 0.05) is 11.8 Å². The van der Waals surface area contributed by atoms with E-state index < -0.39 is 5.79 Å². The summed E-state index contributed by atoms with van der Waals surface area (Å²) in [6.07, 6.45) is 4.52. The van der Waals surface area contributed by atoms with Crippen LogP contribution in [0.25, 0.3) is 0 Å². The first-order chi connectivity index (χ1) is 7.04. The van der Waals surface area contributed by atoms with Crippen LogP contribution in [-0.4, -0.2) is 30.7 Å². The van der Waals surface area contributed by atoms with Gasteiger partial charge in [-0.2, -0.15) is 0 Å². The average Bonchev–Trinajstić information content (AvgIpc) is 2.24. The number of rotatable bonds is 5. The van der Waals surface area contributed by atoms with E-state index in [0.29, 0.717) is 13.2 Å². The van der Waals surface area contributed by atoms with Gasteiger partial charge in [0.1, 0.15) is 0 Å². The molecule has 0 unspecified atom stereocenters. The van der Waals surface area contributed by atoms with E-state index in [1.54, 1.807) is 0 Å². The van der Waals surface area contributed by atoms with Crippen molar-refractivity contribution in [2.45, 2.75) is 52.2 Å². The molecule has 0 aliphatic carbocycles. The van der Waals surface area contributed by atoms with E-state index in [9.17, 15) is 5.11 Å². The van der Waals surface area contributed by atoms with Crippen molar-refractivity contribution in [3.8, 4) is 0 Å². The van der Waals surface area contributed by atoms with Crippen LogP contribution in [0.4, 0.5) is 0 Å². The van der Waals surface area contributed by atoms with Gasteiger partial charge in [-0.3, -0.25) is 0 Å². The Bertz CT molecular complexity index is 183. The predicted molar refractivity (Wildman–Crippen MR) is 59.6 cm³/mol. The van der Waals surface area contributed by atoms with Gasteiger partial charge >= 0.3 is 0 Å². The van der Waals surface area contributed by atoms with E-state index in [4.69, 9.17) is 9.47 Å². The summed E-state index contributed by atoms with van der Waals surface area (Å²) in [4.78, 5) is 0. The number of hydrogen-bond donors (Lipinski definition) is 1. The fourth-order valence-corrected chi connectivity index (χ4v) is 1.67. The van der Waals surface area contributed by atoms with Crippen LogP contribution < -0.4 is 0 Å². The minimum absolute atomic E-state index is 0.123. The smallest absolute Gasteiger partial charge is 0.165 e. The molecule has 1 rings (SSSR count). The SMILES string of the molecule is CCCCCC1(C)OCC(C)(CO)CO1. The molecular weight excluding hydrogens is 192 g/mol. The molecule has 0 amide bonds. The fourth-order valence-electron chi connectivity index (χ4n) is 1.67. The largest absolute Gasteiger partial charge is 0.396 e. The average molecular weight is 216 g/mol. The zero-order chi connectivity index (χ0) is 11.4. The standard InChI is InChI=1S/C12H24O3/c1-4-5-6-7-12(3)14-9-11(2,8-13)10-15-12/h13H,4-10H2,1-3H3. The number of aliphatic hydroxyl groups is 1. The van der Waals surface area contributed by atoms with Gasteiger partial charge in [-0.15, -0.1) is 0 Å². The molecule has 3 heteroatoms. The van der Waals surface area contributed by atoms with Crippen molar-refractivity contribution in [1.82, 2.24) is 0 Å². The van der Waals surface area contributed by atoms with Gasteiger partial charge in [-0.1, -0.05) is 26.7 Å². The molecule has 1 saturated heterocycles. The van der Waals surface area contributed by atoms with E-state index in [2.05, 4.69) is 6.92 Å². The highest BCUT2D eigenvalue weighted by atomic mass is 16.7. The highest BCUT2D eigenvalue weighted by Crippen LogP contribution is 2.32. The van der Waals surface area contributed by atoms with Crippen LogP contribution in [0.1, 0.15) is 46.5 Å². The summed E-state index contributed by atoms with van der Waals surface area (Å²) in [5, 5.41) is 9.17. The minimum Gasteiger partial charge on any atom is -0.396 e. The highest BCUT2D eigenvalue weighted by molar-refractivity contribution is 4.80. The van der Waals surface area contributed by atoms with Gasteiger partial charge in [-0.05, 0) is 13.3 Å². The summed E-state index contributed by atoms with van der Waals surface area (Å²) >= 11 is 0. The lowest BCUT2D eigenvalue weighted by atomic mass is 9.92. The summed E-state index contributed by atoms with van der Waals surface area (Å²) in [5.41, 5.74) is -0.218. The molecule has 1 aliphatic rings. The molecule has 3 nitrogen and oxygen atoms in total. The third kappa shape index (κ3) is 3.74. The minimum atomic E-state index is -0.427. The maximum atomic E-state index is 9.17. The molecule has 90 valence electrons. The molecule has 15 heavy (non-hydrogen) atoms. The molecule has 0 saturated carbocycles. The lowest BCUT2D eigenvalue weighted by Crippen LogP contribution is -2.48. The second kappa shape index (κ2) is 5.28. The Balaban J connectivity index is 2.34. The Labute approximate surface area is 92.8 Å². The first kappa shape index (κ1) is 12.9. The van der Waals surface area contributed by atoms with Gasteiger partial charge in [0.05, 0.1) is 19.8 Å². The van der Waals surface area contributed by atoms with Gasteiger partial charge in [-0.25, -0.2) is 0 Å². The van der Waals surface area contributed by atoms with E-state index >= 15 is 0 Å². The number of hydrogen-bond acceptors (Lipinski definition) is 3. The molecule has 0 radical (unpaired) electrons. The van der Waals surface area contributed by atoms with Gasteiger partial charge in [0.25, 0.3) is 0 Å². The normalized spacial score (nSPS) is 36.8. The molecule has 0 aromatic rings. The maximum Gasteiger partial charge on any atom is 0.165 e. The van der Waals surface area contributed by atoms with Crippen LogP contribution in [-0.2, 0) is 9.47 Å². The van der Waals surface area contributed by atoms with E-state index in [0.717, 1.165) is 12.8 Å². The van der Waals surface area contributed by atoms with Crippen LogP contribution in [0.2, 0.25) is 0 Å². The third-order valence-corrected chi connectivity index (χ3v) is 3.07. The molecule has 0 bridgehead atoms. The molecule has 1 heterocycles. The molecule has 1 fully saturated rings. The first-order valence-corrected chi connectivity index (χ1v) is 5.92. The topological polar surface area (TPSA) is 38.7 Å². The Morgan fingerprint density at radius 3 is 2.20 bits per heavy atom. The Hall–Kier alpha value is -0.120. The first-order valence-electron chi connectivity index (χ1n) is 5.92. The second-order valence-corrected chi connectivity index (χ2v) is 5.14. The fraction of sp³-hybridized carbons (Fsp3) is 1.00. The third-order valence-electron chi connectivity index (χ3n) is 3.07. The van der Waals surface area contributed by atoms with Crippen molar-refractivity contribution >= 4 is 0 Å². The second-order valence-electron chi connectivity index (χ2n) is 5.14. The molecule has 1 N–H and O–H groups in total. The lowest BCUT2D eigenvalue weighted by molar-refractivity contribution is -0.299. The number of unbranched alkanes of at least 4 members (excludes halogenated alkanes) is 2. The van der Waals surface area contributed by atoms with Gasteiger partial charge in [0.15, 0.2) is 5.79 Å². The molecule has 0 atom stereocenters. The van der Waals surface area contributed by atoms with E-state index in [1.165, 1.54) is 12.8 Å². The number of aliphatic hydroxyl groups excluding tert-OH is 1. The number of ether oxygens (including phenoxy) is 2. The zero-order valence-electron chi connectivity index (χ0n) is 10.2. The Kier molecular flexibility index (Phi) is 4.56. The summed E-state index contributed by atoms with van der Waals surface area (Å²) in [7, 11) is 0. The van der Waals surface area contributed by atoms with Crippen LogP contribution in [0, 0.1) is 5.41 Å². The van der Waals surface area contributed by atoms with Crippen molar-refractivity contribution in [2.24, 2.45) is 5.41 Å². The van der Waals surface area contributed by atoms with Crippen molar-refractivity contribution in [2.75, 3.05) is 19.8 Å². The summed E-state index contributed by atoms with van der Waals surface area (Å²) in [5.74, 6) is -0.427. The maximum absolute atomic E-state index is 9.17. The van der Waals surface area contributed by atoms with Crippen LogP contribution >= 0.6 is 0 Å². The lowest BCUT2D eigenvalue weighted by Gasteiger charge is -2.42. The van der Waals surface area contributed by atoms with E-state index in [-0.39, 0.29) is 12.0 Å². The van der Waals surface area contributed by atoms with Crippen LogP contribution in [0.3, 0.4) is 0 Å². The summed E-state index contributed by atoms with van der Waals surface area (Å²) < 4.78 is 11.5.